The molecule has 0 N–H and O–H groups in total. The summed E-state index contributed by atoms with van der Waals surface area (Å²) < 4.78 is 13.3. The fourth-order valence-corrected chi connectivity index (χ4v) is 3.25. The van der Waals surface area contributed by atoms with Gasteiger partial charge in [0.15, 0.2) is 0 Å². The van der Waals surface area contributed by atoms with Crippen LogP contribution in [-0.4, -0.2) is 23.0 Å². The van der Waals surface area contributed by atoms with Gasteiger partial charge in [-0.3, -0.25) is 0 Å². The van der Waals surface area contributed by atoms with Gasteiger partial charge in [-0.15, -0.1) is 0 Å². The molecule has 0 fully saturated rings. The van der Waals surface area contributed by atoms with Gasteiger partial charge < -0.3 is 0 Å². The zero-order valence-corrected chi connectivity index (χ0v) is 11.8. The predicted molar refractivity (Wildman–Crippen MR) is 64.6 cm³/mol. The second-order valence-corrected chi connectivity index (χ2v) is 14.0. The maximum Gasteiger partial charge on any atom is 0.0996 e. The van der Waals surface area contributed by atoms with Crippen LogP contribution in [0.2, 0.25) is 44.8 Å². The fraction of sp³-hybridized carbons (Fsp3) is 1.00. The summed E-state index contributed by atoms with van der Waals surface area (Å²) in [7, 11) is -1.22. The molecule has 0 nitrogen and oxygen atoms in total. The summed E-state index contributed by atoms with van der Waals surface area (Å²) in [6.45, 7) is 11.5. The van der Waals surface area contributed by atoms with Crippen molar-refractivity contribution in [2.24, 2.45) is 0 Å². The molecule has 0 bridgehead atoms. The highest BCUT2D eigenvalue weighted by atomic mass is 28.3. The molecule has 0 aromatic rings. The lowest BCUT2D eigenvalue weighted by atomic mass is 10.2. The molecule has 3 heteroatoms. The Morgan fingerprint density at radius 2 is 1.69 bits per heavy atom. The van der Waals surface area contributed by atoms with Gasteiger partial charge >= 0.3 is 0 Å². The van der Waals surface area contributed by atoms with Crippen molar-refractivity contribution in [1.82, 2.24) is 0 Å². The molecule has 0 aliphatic carbocycles. The first-order chi connectivity index (χ1) is 5.81. The fourth-order valence-electron chi connectivity index (χ4n) is 1.18. The van der Waals surface area contributed by atoms with E-state index < -0.39 is 14.2 Å². The van der Waals surface area contributed by atoms with Crippen molar-refractivity contribution < 1.29 is 4.39 Å². The van der Waals surface area contributed by atoms with Gasteiger partial charge in [0, 0.05) is 16.9 Å². The Kier molecular flexibility index (Phi) is 6.13. The van der Waals surface area contributed by atoms with Crippen molar-refractivity contribution in [2.75, 3.05) is 0 Å². The lowest BCUT2D eigenvalue weighted by Gasteiger charge is -2.17. The van der Waals surface area contributed by atoms with Gasteiger partial charge in [0.05, 0.1) is 6.17 Å². The molecular weight excluding hydrogens is 195 g/mol. The summed E-state index contributed by atoms with van der Waals surface area (Å²) in [5, 5.41) is 0. The van der Waals surface area contributed by atoms with Crippen LogP contribution >= 0.6 is 0 Å². The molecule has 0 spiro atoms. The van der Waals surface area contributed by atoms with E-state index in [0.29, 0.717) is 0 Å². The zero-order chi connectivity index (χ0) is 10.5. The molecule has 0 saturated heterocycles. The molecule has 0 amide bonds. The van der Waals surface area contributed by atoms with Crippen LogP contribution in [0.3, 0.4) is 0 Å². The number of hydrogen-bond acceptors (Lipinski definition) is 0. The summed E-state index contributed by atoms with van der Waals surface area (Å²) in [6.07, 6.45) is 1.10. The molecule has 0 saturated carbocycles. The Morgan fingerprint density at radius 1 is 1.15 bits per heavy atom. The largest absolute Gasteiger partial charge is 0.248 e. The minimum atomic E-state index is -1.01. The Labute approximate surface area is 85.5 Å². The van der Waals surface area contributed by atoms with Gasteiger partial charge in [-0.25, -0.2) is 4.39 Å². The molecule has 1 unspecified atom stereocenters. The molecule has 1 radical (unpaired) electrons. The molecule has 79 valence electrons. The van der Waals surface area contributed by atoms with Crippen LogP contribution in [0.5, 0.6) is 0 Å². The molecule has 0 heterocycles. The standard InChI is InChI=1S/C10H24FSi2/c1-12(2)8-6-10(11)7-9-13(3,4)5/h10H,6-9H2,1-5H3. The number of alkyl halides is 1. The van der Waals surface area contributed by atoms with E-state index in [-0.39, 0.29) is 8.80 Å². The summed E-state index contributed by atoms with van der Waals surface area (Å²) in [6, 6.07) is 2.28. The maximum absolute atomic E-state index is 13.3. The molecule has 0 aliphatic rings. The zero-order valence-electron chi connectivity index (χ0n) is 9.78. The molecule has 13 heavy (non-hydrogen) atoms. The number of halogens is 1. The first kappa shape index (κ1) is 13.4. The monoisotopic (exact) mass is 219 g/mol. The minimum absolute atomic E-state index is 0.211. The Morgan fingerprint density at radius 3 is 2.08 bits per heavy atom. The van der Waals surface area contributed by atoms with Crippen molar-refractivity contribution in [3.8, 4) is 0 Å². The van der Waals surface area contributed by atoms with Gasteiger partial charge in [-0.05, 0) is 12.8 Å². The Bertz CT molecular complexity index is 129. The normalized spacial score (nSPS) is 15.0. The van der Waals surface area contributed by atoms with Crippen molar-refractivity contribution in [2.45, 2.75) is 63.8 Å². The summed E-state index contributed by atoms with van der Waals surface area (Å²) >= 11 is 0. The quantitative estimate of drug-likeness (QED) is 0.587. The number of rotatable bonds is 6. The van der Waals surface area contributed by atoms with Crippen LogP contribution < -0.4 is 0 Å². The smallest absolute Gasteiger partial charge is 0.0996 e. The number of hydrogen-bond donors (Lipinski definition) is 0. The van der Waals surface area contributed by atoms with E-state index in [1.54, 1.807) is 0 Å². The van der Waals surface area contributed by atoms with Crippen molar-refractivity contribution in [3.63, 3.8) is 0 Å². The van der Waals surface area contributed by atoms with Gasteiger partial charge in [-0.2, -0.15) is 0 Å². The Balaban J connectivity index is 3.46. The average Bonchev–Trinajstić information content (AvgIpc) is 1.95. The third-order valence-electron chi connectivity index (χ3n) is 2.17. The van der Waals surface area contributed by atoms with E-state index >= 15 is 0 Å². The molecule has 0 aliphatic heterocycles. The molecule has 1 atom stereocenters. The first-order valence-electron chi connectivity index (χ1n) is 5.24. The molecule has 0 aromatic heterocycles. The van der Waals surface area contributed by atoms with E-state index in [9.17, 15) is 4.39 Å². The predicted octanol–water partition coefficient (Wildman–Crippen LogP) is 4.20. The van der Waals surface area contributed by atoms with Gasteiger partial charge in [0.25, 0.3) is 0 Å². The minimum Gasteiger partial charge on any atom is -0.248 e. The van der Waals surface area contributed by atoms with Crippen LogP contribution in [0.25, 0.3) is 0 Å². The highest BCUT2D eigenvalue weighted by molar-refractivity contribution is 6.76. The van der Waals surface area contributed by atoms with Gasteiger partial charge in [0.2, 0.25) is 0 Å². The topological polar surface area (TPSA) is 0 Å². The highest BCUT2D eigenvalue weighted by Crippen LogP contribution is 2.18. The van der Waals surface area contributed by atoms with E-state index in [0.717, 1.165) is 24.9 Å². The third kappa shape index (κ3) is 10.3. The highest BCUT2D eigenvalue weighted by Gasteiger charge is 2.16. The average molecular weight is 219 g/mol. The Hall–Kier alpha value is 0.364. The van der Waals surface area contributed by atoms with E-state index in [4.69, 9.17) is 0 Å². The second-order valence-electron chi connectivity index (χ2n) is 5.44. The summed E-state index contributed by atoms with van der Waals surface area (Å²) in [5.74, 6) is 0. The lowest BCUT2D eigenvalue weighted by Crippen LogP contribution is -2.21. The molecule has 0 rings (SSSR count). The van der Waals surface area contributed by atoms with Gasteiger partial charge in [0.1, 0.15) is 0 Å². The molecular formula is C10H24FSi2. The van der Waals surface area contributed by atoms with Crippen molar-refractivity contribution in [1.29, 1.82) is 0 Å². The van der Waals surface area contributed by atoms with Crippen LogP contribution in [0.15, 0.2) is 0 Å². The van der Waals surface area contributed by atoms with Crippen LogP contribution in [0.1, 0.15) is 12.8 Å². The maximum atomic E-state index is 13.3. The van der Waals surface area contributed by atoms with Crippen LogP contribution in [0.4, 0.5) is 4.39 Å². The van der Waals surface area contributed by atoms with Crippen LogP contribution in [0, 0.1) is 0 Å². The molecule has 0 aromatic carbocycles. The summed E-state index contributed by atoms with van der Waals surface area (Å²) in [4.78, 5) is 0. The lowest BCUT2D eigenvalue weighted by molar-refractivity contribution is 0.314. The van der Waals surface area contributed by atoms with E-state index in [2.05, 4.69) is 32.7 Å². The van der Waals surface area contributed by atoms with Gasteiger partial charge in [-0.1, -0.05) is 44.8 Å². The second kappa shape index (κ2) is 5.96. The van der Waals surface area contributed by atoms with E-state index in [1.165, 1.54) is 0 Å². The summed E-state index contributed by atoms with van der Waals surface area (Å²) in [5.41, 5.74) is 0. The van der Waals surface area contributed by atoms with Crippen molar-refractivity contribution in [3.05, 3.63) is 0 Å². The van der Waals surface area contributed by atoms with Crippen LogP contribution in [-0.2, 0) is 0 Å². The SMILES string of the molecule is C[Si](C)CCC(F)CC[Si](C)(C)C. The third-order valence-corrected chi connectivity index (χ3v) is 5.24. The van der Waals surface area contributed by atoms with E-state index in [1.807, 2.05) is 0 Å². The first-order valence-corrected chi connectivity index (χ1v) is 11.7. The van der Waals surface area contributed by atoms with Crippen molar-refractivity contribution >= 4 is 16.9 Å².